The summed E-state index contributed by atoms with van der Waals surface area (Å²) in [4.78, 5) is 0.308. The van der Waals surface area contributed by atoms with E-state index in [1.165, 1.54) is 21.7 Å². The van der Waals surface area contributed by atoms with Crippen molar-refractivity contribution in [2.45, 2.75) is 30.6 Å². The molecule has 1 aromatic heterocycles. The zero-order valence-corrected chi connectivity index (χ0v) is 17.0. The number of halogens is 1. The molecule has 2 heterocycles. The summed E-state index contributed by atoms with van der Waals surface area (Å²) in [6, 6.07) is 13.4. The van der Waals surface area contributed by atoms with Crippen molar-refractivity contribution in [3.63, 3.8) is 0 Å². The van der Waals surface area contributed by atoms with Gasteiger partial charge >= 0.3 is 0 Å². The van der Waals surface area contributed by atoms with Gasteiger partial charge in [-0.15, -0.1) is 10.2 Å². The van der Waals surface area contributed by atoms with E-state index in [4.69, 9.17) is 0 Å². The fraction of sp³-hybridized carbons (Fsp3) is 0.300. The Bertz CT molecular complexity index is 1080. The summed E-state index contributed by atoms with van der Waals surface area (Å²) in [5.74, 6) is -0.371. The first-order valence-electron chi connectivity index (χ1n) is 9.10. The lowest BCUT2D eigenvalue weighted by Gasteiger charge is -2.30. The van der Waals surface area contributed by atoms with E-state index in [9.17, 15) is 12.8 Å². The van der Waals surface area contributed by atoms with E-state index in [2.05, 4.69) is 10.2 Å². The second-order valence-corrected chi connectivity index (χ2v) is 9.89. The molecule has 0 bridgehead atoms. The molecule has 146 valence electrons. The second kappa shape index (κ2) is 7.69. The monoisotopic (exact) mass is 417 g/mol. The number of piperidine rings is 1. The predicted molar refractivity (Wildman–Crippen MR) is 107 cm³/mol. The summed E-state index contributed by atoms with van der Waals surface area (Å²) < 4.78 is 41.5. The molecule has 1 aliphatic rings. The van der Waals surface area contributed by atoms with Gasteiger partial charge in [-0.25, -0.2) is 12.8 Å². The second-order valence-electron chi connectivity index (χ2n) is 6.94. The highest BCUT2D eigenvalue weighted by molar-refractivity contribution is 7.89. The zero-order chi connectivity index (χ0) is 19.7. The standard InChI is InChI=1S/C20H20FN3O2S2/c1-14-8-10-16(11-9-14)28(25,26)24-12-4-5-15(13-24)19-22-23-20(27-19)17-6-2-3-7-18(17)21/h2-3,6-11,15H,4-5,12-13H2,1H3. The highest BCUT2D eigenvalue weighted by Crippen LogP contribution is 2.35. The molecule has 8 heteroatoms. The predicted octanol–water partition coefficient (Wildman–Crippen LogP) is 4.22. The van der Waals surface area contributed by atoms with E-state index in [1.54, 1.807) is 42.5 Å². The molecule has 0 N–H and O–H groups in total. The highest BCUT2D eigenvalue weighted by Gasteiger charge is 2.32. The first kappa shape index (κ1) is 19.2. The van der Waals surface area contributed by atoms with Crippen LogP contribution in [0.1, 0.15) is 29.3 Å². The van der Waals surface area contributed by atoms with Crippen molar-refractivity contribution < 1.29 is 12.8 Å². The van der Waals surface area contributed by atoms with Crippen LogP contribution in [0.4, 0.5) is 4.39 Å². The molecule has 4 rings (SSSR count). The van der Waals surface area contributed by atoms with Crippen LogP contribution in [0, 0.1) is 12.7 Å². The quantitative estimate of drug-likeness (QED) is 0.638. The molecule has 3 aromatic rings. The molecule has 2 aromatic carbocycles. The van der Waals surface area contributed by atoms with Gasteiger partial charge < -0.3 is 0 Å². The summed E-state index contributed by atoms with van der Waals surface area (Å²) in [6.07, 6.45) is 1.59. The molecular weight excluding hydrogens is 397 g/mol. The van der Waals surface area contributed by atoms with Crippen LogP contribution in [0.5, 0.6) is 0 Å². The molecule has 1 atom stereocenters. The summed E-state index contributed by atoms with van der Waals surface area (Å²) in [6.45, 7) is 2.78. The molecule has 1 unspecified atom stereocenters. The van der Waals surface area contributed by atoms with Gasteiger partial charge in [0.2, 0.25) is 10.0 Å². The Balaban J connectivity index is 1.56. The Morgan fingerprint density at radius 3 is 2.61 bits per heavy atom. The maximum atomic E-state index is 14.0. The summed E-state index contributed by atoms with van der Waals surface area (Å²) in [5, 5.41) is 9.65. The average molecular weight is 418 g/mol. The van der Waals surface area contributed by atoms with Gasteiger partial charge in [-0.1, -0.05) is 41.2 Å². The van der Waals surface area contributed by atoms with Gasteiger partial charge in [0.15, 0.2) is 5.01 Å². The van der Waals surface area contributed by atoms with Crippen molar-refractivity contribution >= 4 is 21.4 Å². The normalized spacial score (nSPS) is 18.3. The number of rotatable bonds is 4. The third-order valence-electron chi connectivity index (χ3n) is 4.94. The van der Waals surface area contributed by atoms with E-state index in [0.717, 1.165) is 23.4 Å². The topological polar surface area (TPSA) is 63.2 Å². The van der Waals surface area contributed by atoms with E-state index in [0.29, 0.717) is 28.6 Å². The van der Waals surface area contributed by atoms with Crippen LogP contribution in [0.3, 0.4) is 0 Å². The molecule has 0 spiro atoms. The lowest BCUT2D eigenvalue weighted by Crippen LogP contribution is -2.39. The lowest BCUT2D eigenvalue weighted by atomic mass is 10.0. The third kappa shape index (κ3) is 3.72. The average Bonchev–Trinajstić information content (AvgIpc) is 3.19. The van der Waals surface area contributed by atoms with Crippen molar-refractivity contribution in [2.24, 2.45) is 0 Å². The van der Waals surface area contributed by atoms with Crippen molar-refractivity contribution in [1.82, 2.24) is 14.5 Å². The molecule has 1 saturated heterocycles. The molecule has 0 aliphatic carbocycles. The Morgan fingerprint density at radius 1 is 1.11 bits per heavy atom. The molecule has 0 amide bonds. The van der Waals surface area contributed by atoms with Crippen molar-refractivity contribution in [3.05, 3.63) is 64.9 Å². The largest absolute Gasteiger partial charge is 0.243 e. The van der Waals surface area contributed by atoms with E-state index < -0.39 is 10.0 Å². The van der Waals surface area contributed by atoms with Crippen LogP contribution in [0.15, 0.2) is 53.4 Å². The van der Waals surface area contributed by atoms with Crippen molar-refractivity contribution in [2.75, 3.05) is 13.1 Å². The van der Waals surface area contributed by atoms with Crippen molar-refractivity contribution in [1.29, 1.82) is 0 Å². The van der Waals surface area contributed by atoms with Gasteiger partial charge in [-0.05, 0) is 44.0 Å². The van der Waals surface area contributed by atoms with Crippen LogP contribution in [-0.4, -0.2) is 36.0 Å². The first-order chi connectivity index (χ1) is 13.4. The zero-order valence-electron chi connectivity index (χ0n) is 15.4. The summed E-state index contributed by atoms with van der Waals surface area (Å²) in [7, 11) is -3.54. The number of hydrogen-bond acceptors (Lipinski definition) is 5. The smallest absolute Gasteiger partial charge is 0.207 e. The number of benzene rings is 2. The van der Waals surface area contributed by atoms with E-state index in [-0.39, 0.29) is 11.7 Å². The lowest BCUT2D eigenvalue weighted by molar-refractivity contribution is 0.314. The Morgan fingerprint density at radius 2 is 1.86 bits per heavy atom. The number of sulfonamides is 1. The third-order valence-corrected chi connectivity index (χ3v) is 7.94. The van der Waals surface area contributed by atoms with Gasteiger partial charge in [0, 0.05) is 24.6 Å². The Kier molecular flexibility index (Phi) is 5.27. The molecule has 0 radical (unpaired) electrons. The molecule has 28 heavy (non-hydrogen) atoms. The van der Waals surface area contributed by atoms with Crippen LogP contribution < -0.4 is 0 Å². The fourth-order valence-electron chi connectivity index (χ4n) is 3.36. The SMILES string of the molecule is Cc1ccc(S(=O)(=O)N2CCCC(c3nnc(-c4ccccc4F)s3)C2)cc1. The van der Waals surface area contributed by atoms with Crippen LogP contribution in [0.2, 0.25) is 0 Å². The number of aromatic nitrogens is 2. The molecule has 0 saturated carbocycles. The maximum absolute atomic E-state index is 14.0. The minimum absolute atomic E-state index is 0.0352. The number of nitrogens with zero attached hydrogens (tertiary/aromatic N) is 3. The first-order valence-corrected chi connectivity index (χ1v) is 11.4. The maximum Gasteiger partial charge on any atom is 0.243 e. The van der Waals surface area contributed by atoms with Gasteiger partial charge in [0.25, 0.3) is 0 Å². The molecular formula is C20H20FN3O2S2. The molecule has 1 aliphatic heterocycles. The van der Waals surface area contributed by atoms with Crippen LogP contribution >= 0.6 is 11.3 Å². The number of aryl methyl sites for hydroxylation is 1. The summed E-state index contributed by atoms with van der Waals surface area (Å²) >= 11 is 1.33. The van der Waals surface area contributed by atoms with Gasteiger partial charge in [-0.2, -0.15) is 4.31 Å². The van der Waals surface area contributed by atoms with Gasteiger partial charge in [-0.3, -0.25) is 0 Å². The highest BCUT2D eigenvalue weighted by atomic mass is 32.2. The van der Waals surface area contributed by atoms with Gasteiger partial charge in [0.1, 0.15) is 10.8 Å². The van der Waals surface area contributed by atoms with E-state index >= 15 is 0 Å². The Hall–Kier alpha value is -2.16. The minimum Gasteiger partial charge on any atom is -0.207 e. The number of hydrogen-bond donors (Lipinski definition) is 0. The van der Waals surface area contributed by atoms with Gasteiger partial charge in [0.05, 0.1) is 4.90 Å². The molecule has 1 fully saturated rings. The Labute approximate surface area is 167 Å². The molecule has 5 nitrogen and oxygen atoms in total. The minimum atomic E-state index is -3.54. The van der Waals surface area contributed by atoms with Crippen molar-refractivity contribution in [3.8, 4) is 10.6 Å². The van der Waals surface area contributed by atoms with Crippen LogP contribution in [0.25, 0.3) is 10.6 Å². The summed E-state index contributed by atoms with van der Waals surface area (Å²) in [5.41, 5.74) is 1.44. The van der Waals surface area contributed by atoms with E-state index in [1.807, 2.05) is 6.92 Å². The van der Waals surface area contributed by atoms with Crippen LogP contribution in [-0.2, 0) is 10.0 Å². The fourth-order valence-corrected chi connectivity index (χ4v) is 5.88.